The van der Waals surface area contributed by atoms with Gasteiger partial charge < -0.3 is 15.7 Å². The smallest absolute Gasteiger partial charge is 0.475 e. The van der Waals surface area contributed by atoms with Gasteiger partial charge in [0.2, 0.25) is 5.91 Å². The molecule has 3 rings (SSSR count). The number of aromatic nitrogens is 2. The Hall–Kier alpha value is -4.62. The average molecular weight is 543 g/mol. The molecule has 2 heterocycles. The maximum Gasteiger partial charge on any atom is 0.490 e. The molecule has 9 nitrogen and oxygen atoms in total. The molecule has 13 heteroatoms. The summed E-state index contributed by atoms with van der Waals surface area (Å²) >= 11 is 1.42. The number of amides is 1. The number of carbonyl (C=O) groups excluding carboxylic acids is 1. The Balaban J connectivity index is 0.000000638. The third-order valence-corrected chi connectivity index (χ3v) is 5.61. The second-order valence-corrected chi connectivity index (χ2v) is 8.32. The summed E-state index contributed by atoms with van der Waals surface area (Å²) in [6, 6.07) is 15.3. The van der Waals surface area contributed by atoms with Gasteiger partial charge in [0, 0.05) is 42.9 Å². The molecule has 38 heavy (non-hydrogen) atoms. The van der Waals surface area contributed by atoms with E-state index in [1.165, 1.54) is 18.7 Å². The lowest BCUT2D eigenvalue weighted by atomic mass is 9.96. The molecule has 1 amide bonds. The normalized spacial score (nSPS) is 10.3. The third kappa shape index (κ3) is 8.21. The number of nitrogens with one attached hydrogen (secondary N) is 2. The predicted molar refractivity (Wildman–Crippen MR) is 135 cm³/mol. The van der Waals surface area contributed by atoms with E-state index in [9.17, 15) is 28.5 Å². The van der Waals surface area contributed by atoms with E-state index in [1.54, 1.807) is 36.7 Å². The van der Waals surface area contributed by atoms with E-state index in [2.05, 4.69) is 32.7 Å². The lowest BCUT2D eigenvalue weighted by molar-refractivity contribution is -0.192. The molecule has 0 aliphatic rings. The zero-order chi connectivity index (χ0) is 28.3. The van der Waals surface area contributed by atoms with Crippen molar-refractivity contribution < 1.29 is 27.9 Å². The van der Waals surface area contributed by atoms with Crippen LogP contribution in [0, 0.1) is 22.7 Å². The number of benzene rings is 1. The summed E-state index contributed by atoms with van der Waals surface area (Å²) in [4.78, 5) is 28.9. The maximum absolute atomic E-state index is 11.3. The molecule has 1 aromatic carbocycles. The summed E-state index contributed by atoms with van der Waals surface area (Å²) in [5, 5.41) is 33.4. The van der Waals surface area contributed by atoms with Crippen molar-refractivity contribution in [1.29, 1.82) is 10.5 Å². The lowest BCUT2D eigenvalue weighted by Gasteiger charge is -2.16. The van der Waals surface area contributed by atoms with Gasteiger partial charge in [-0.3, -0.25) is 9.78 Å². The first-order chi connectivity index (χ1) is 18.0. The molecule has 0 fully saturated rings. The van der Waals surface area contributed by atoms with Crippen molar-refractivity contribution in [1.82, 2.24) is 9.97 Å². The molecule has 2 aromatic heterocycles. The van der Waals surface area contributed by atoms with E-state index in [-0.39, 0.29) is 5.91 Å². The molecular weight excluding hydrogens is 521 g/mol. The molecule has 196 valence electrons. The van der Waals surface area contributed by atoms with E-state index in [0.717, 1.165) is 5.56 Å². The van der Waals surface area contributed by atoms with Crippen LogP contribution in [-0.2, 0) is 15.3 Å². The van der Waals surface area contributed by atoms with E-state index in [4.69, 9.17) is 9.90 Å². The zero-order valence-corrected chi connectivity index (χ0v) is 20.9. The van der Waals surface area contributed by atoms with Crippen LogP contribution < -0.4 is 10.6 Å². The minimum atomic E-state index is -5.08. The van der Waals surface area contributed by atoms with E-state index < -0.39 is 12.1 Å². The summed E-state index contributed by atoms with van der Waals surface area (Å²) in [6.45, 7) is 3.94. The van der Waals surface area contributed by atoms with Crippen molar-refractivity contribution in [3.63, 3.8) is 0 Å². The summed E-state index contributed by atoms with van der Waals surface area (Å²) in [5.41, 5.74) is 3.54. The highest BCUT2D eigenvalue weighted by Crippen LogP contribution is 2.37. The van der Waals surface area contributed by atoms with Crippen molar-refractivity contribution in [3.05, 3.63) is 65.5 Å². The fourth-order valence-corrected chi connectivity index (χ4v) is 3.95. The molecule has 0 atom stereocenters. The topological polar surface area (TPSA) is 152 Å². The van der Waals surface area contributed by atoms with Gasteiger partial charge in [-0.25, -0.2) is 9.78 Å². The van der Waals surface area contributed by atoms with Gasteiger partial charge in [-0.05, 0) is 36.2 Å². The van der Waals surface area contributed by atoms with Gasteiger partial charge in [0.25, 0.3) is 0 Å². The first-order valence-electron chi connectivity index (χ1n) is 10.8. The third-order valence-electron chi connectivity index (χ3n) is 4.57. The second-order valence-electron chi connectivity index (χ2n) is 7.36. The van der Waals surface area contributed by atoms with Crippen molar-refractivity contribution in [3.8, 4) is 23.3 Å². The Labute approximate surface area is 220 Å². The molecule has 0 unspecified atom stereocenters. The number of thioether (sulfide) groups is 1. The van der Waals surface area contributed by atoms with E-state index >= 15 is 0 Å². The number of aliphatic carboxylic acids is 1. The number of hydrogen-bond donors (Lipinski definition) is 3. The van der Waals surface area contributed by atoms with E-state index in [0.29, 0.717) is 51.1 Å². The highest BCUT2D eigenvalue weighted by molar-refractivity contribution is 7.98. The zero-order valence-electron chi connectivity index (χ0n) is 20.1. The number of carbonyl (C=O) groups is 2. The molecule has 0 bridgehead atoms. The van der Waals surface area contributed by atoms with Gasteiger partial charge in [0.1, 0.15) is 28.5 Å². The average Bonchev–Trinajstić information content (AvgIpc) is 2.87. The Morgan fingerprint density at radius 2 is 1.74 bits per heavy atom. The number of nitrogens with zero attached hydrogens (tertiary/aromatic N) is 4. The lowest BCUT2D eigenvalue weighted by Crippen LogP contribution is -2.21. The molecule has 0 saturated heterocycles. The minimum absolute atomic E-state index is 0.171. The second kappa shape index (κ2) is 13.6. The van der Waals surface area contributed by atoms with Crippen LogP contribution in [0.15, 0.2) is 53.8 Å². The fraction of sp³-hybridized carbons (Fsp3) is 0.200. The minimum Gasteiger partial charge on any atom is -0.475 e. The number of nitriles is 2. The van der Waals surface area contributed by atoms with Crippen molar-refractivity contribution in [2.75, 3.05) is 17.2 Å². The Bertz CT molecular complexity index is 1370. The van der Waals surface area contributed by atoms with Crippen LogP contribution in [0.4, 0.5) is 24.7 Å². The number of pyridine rings is 2. The summed E-state index contributed by atoms with van der Waals surface area (Å²) in [7, 11) is 0. The standard InChI is InChI=1S/C23H20N6OS.C2HF3O2/c1-3-27-22-19(11-24)21(17-6-8-18(9-7-17)28-15(2)30)20(12-25)23(29-22)31-14-16-5-4-10-26-13-16;3-2(4,5)1(6)7/h4-10,13H,3,14H2,1-2H3,(H,27,29)(H,28,30);(H,6,7). The van der Waals surface area contributed by atoms with Gasteiger partial charge in [-0.2, -0.15) is 23.7 Å². The Morgan fingerprint density at radius 3 is 2.21 bits per heavy atom. The van der Waals surface area contributed by atoms with Gasteiger partial charge >= 0.3 is 12.1 Å². The van der Waals surface area contributed by atoms with Crippen LogP contribution >= 0.6 is 11.8 Å². The predicted octanol–water partition coefficient (Wildman–Crippen LogP) is 5.20. The number of anilines is 2. The molecular formula is C25H21F3N6O3S. The monoisotopic (exact) mass is 542 g/mol. The van der Waals surface area contributed by atoms with Gasteiger partial charge in [-0.1, -0.05) is 18.2 Å². The Kier molecular flexibility index (Phi) is 10.6. The quantitative estimate of drug-likeness (QED) is 0.342. The van der Waals surface area contributed by atoms with Crippen molar-refractivity contribution >= 4 is 35.1 Å². The number of carboxylic acid groups (broad SMARTS) is 1. The largest absolute Gasteiger partial charge is 0.490 e. The first kappa shape index (κ1) is 29.6. The summed E-state index contributed by atoms with van der Waals surface area (Å²) in [6.07, 6.45) is -1.60. The van der Waals surface area contributed by atoms with Crippen LogP contribution in [0.25, 0.3) is 11.1 Å². The molecule has 3 N–H and O–H groups in total. The first-order valence-corrected chi connectivity index (χ1v) is 11.8. The molecule has 0 aliphatic carbocycles. The highest BCUT2D eigenvalue weighted by Gasteiger charge is 2.38. The van der Waals surface area contributed by atoms with Crippen LogP contribution in [-0.4, -0.2) is 39.7 Å². The number of rotatable bonds is 7. The van der Waals surface area contributed by atoms with Gasteiger partial charge in [0.05, 0.1) is 5.56 Å². The summed E-state index contributed by atoms with van der Waals surface area (Å²) in [5.74, 6) is -1.89. The summed E-state index contributed by atoms with van der Waals surface area (Å²) < 4.78 is 31.7. The maximum atomic E-state index is 11.3. The number of halogens is 3. The van der Waals surface area contributed by atoms with Crippen molar-refractivity contribution in [2.24, 2.45) is 0 Å². The number of carboxylic acids is 1. The van der Waals surface area contributed by atoms with Gasteiger partial charge in [0.15, 0.2) is 0 Å². The molecule has 3 aromatic rings. The van der Waals surface area contributed by atoms with Crippen molar-refractivity contribution in [2.45, 2.75) is 30.8 Å². The fourth-order valence-electron chi connectivity index (χ4n) is 3.02. The molecule has 0 aliphatic heterocycles. The molecule has 0 spiro atoms. The molecule has 0 saturated carbocycles. The van der Waals surface area contributed by atoms with Crippen LogP contribution in [0.1, 0.15) is 30.5 Å². The number of alkyl halides is 3. The van der Waals surface area contributed by atoms with Crippen LogP contribution in [0.5, 0.6) is 0 Å². The Morgan fingerprint density at radius 1 is 1.11 bits per heavy atom. The SMILES string of the molecule is CCNc1nc(SCc2cccnc2)c(C#N)c(-c2ccc(NC(C)=O)cc2)c1C#N.O=C(O)C(F)(F)F. The van der Waals surface area contributed by atoms with Crippen LogP contribution in [0.2, 0.25) is 0 Å². The molecule has 0 radical (unpaired) electrons. The van der Waals surface area contributed by atoms with Gasteiger partial charge in [-0.15, -0.1) is 11.8 Å². The highest BCUT2D eigenvalue weighted by atomic mass is 32.2. The number of hydrogen-bond acceptors (Lipinski definition) is 8. The van der Waals surface area contributed by atoms with Crippen LogP contribution in [0.3, 0.4) is 0 Å². The van der Waals surface area contributed by atoms with E-state index in [1.807, 2.05) is 19.1 Å².